The SMILES string of the molecule is CCCCCC1(CCCCC)OC2C3CC4(C(=O)NC(CO)CCC(=O)OC(C)(C)C)C(ON(Cc5ccc(C=CC(=O)OC6C(=O)OCC6(C)C)cc5)C4C(=O)O3)C2O1. The van der Waals surface area contributed by atoms with Crippen molar-refractivity contribution in [2.24, 2.45) is 10.8 Å². The maximum absolute atomic E-state index is 14.9. The number of hydroxylamine groups is 2. The number of benzene rings is 1. The molecule has 6 rings (SSSR count). The Morgan fingerprint density at radius 3 is 2.25 bits per heavy atom. The van der Waals surface area contributed by atoms with Gasteiger partial charge in [0.2, 0.25) is 12.0 Å². The molecule has 4 aliphatic heterocycles. The normalized spacial score (nSPS) is 29.5. The second kappa shape index (κ2) is 18.6. The Morgan fingerprint density at radius 1 is 0.983 bits per heavy atom. The van der Waals surface area contributed by atoms with Gasteiger partial charge in [-0.3, -0.25) is 19.2 Å². The number of aliphatic hydroxyl groups is 1. The summed E-state index contributed by atoms with van der Waals surface area (Å²) in [7, 11) is 0. The van der Waals surface area contributed by atoms with Gasteiger partial charge in [-0.05, 0) is 57.2 Å². The van der Waals surface area contributed by atoms with Gasteiger partial charge < -0.3 is 38.8 Å². The first kappa shape index (κ1) is 45.6. The number of nitrogens with zero attached hydrogens (tertiary/aromatic N) is 1. The quantitative estimate of drug-likeness (QED) is 0.0798. The average Bonchev–Trinajstić information content (AvgIpc) is 3.83. The monoisotopic (exact) mass is 840 g/mol. The number of cyclic esters (lactones) is 1. The van der Waals surface area contributed by atoms with Crippen molar-refractivity contribution in [3.05, 3.63) is 41.5 Å². The molecule has 0 radical (unpaired) electrons. The van der Waals surface area contributed by atoms with Crippen LogP contribution in [0.4, 0.5) is 0 Å². The molecular weight excluding hydrogens is 776 g/mol. The molecule has 2 bridgehead atoms. The molecule has 4 saturated heterocycles. The number of carbonyl (C=O) groups is 5. The maximum Gasteiger partial charge on any atom is 0.348 e. The minimum absolute atomic E-state index is 0.0324. The number of hydrogen-bond donors (Lipinski definition) is 2. The first-order chi connectivity index (χ1) is 28.4. The lowest BCUT2D eigenvalue weighted by Gasteiger charge is -2.49. The van der Waals surface area contributed by atoms with Crippen molar-refractivity contribution in [1.82, 2.24) is 10.4 Å². The van der Waals surface area contributed by atoms with Crippen molar-refractivity contribution in [2.75, 3.05) is 13.2 Å². The van der Waals surface area contributed by atoms with Crippen LogP contribution in [0, 0.1) is 10.8 Å². The standard InChI is InChI=1S/C45H64N2O13/c1-8-10-12-22-44(23-13-11-9-2)58-34-31-24-45(41(53)46-30(26-48)19-21-33(50)57-42(3,4)5)36(39(51)55-31)47(60-37(45)35(34)59-44)25-29-16-14-28(15-17-29)18-20-32(49)56-38-40(52)54-27-43(38,6)7/h14-18,20,30-31,34-38,48H,8-13,19,21-27H2,1-7H3,(H,46,53). The van der Waals surface area contributed by atoms with E-state index in [0.29, 0.717) is 18.4 Å². The van der Waals surface area contributed by atoms with Crippen LogP contribution in [0.5, 0.6) is 0 Å². The third-order valence-electron chi connectivity index (χ3n) is 12.1. The molecule has 4 heterocycles. The van der Waals surface area contributed by atoms with E-state index in [-0.39, 0.29) is 32.4 Å². The summed E-state index contributed by atoms with van der Waals surface area (Å²) in [4.78, 5) is 73.1. The van der Waals surface area contributed by atoms with Crippen molar-refractivity contribution < 1.29 is 62.3 Å². The fourth-order valence-corrected chi connectivity index (χ4v) is 9.08. The van der Waals surface area contributed by atoms with Crippen LogP contribution in [0.3, 0.4) is 0 Å². The molecule has 60 heavy (non-hydrogen) atoms. The van der Waals surface area contributed by atoms with E-state index in [0.717, 1.165) is 44.1 Å². The van der Waals surface area contributed by atoms with Gasteiger partial charge in [-0.15, -0.1) is 0 Å². The molecule has 15 nitrogen and oxygen atoms in total. The summed E-state index contributed by atoms with van der Waals surface area (Å²) >= 11 is 0. The molecule has 1 aromatic carbocycles. The average molecular weight is 841 g/mol. The third-order valence-corrected chi connectivity index (χ3v) is 12.1. The van der Waals surface area contributed by atoms with Crippen LogP contribution in [-0.2, 0) is 63.8 Å². The number of fused-ring (bicyclic) bond motifs is 4. The van der Waals surface area contributed by atoms with Gasteiger partial charge in [-0.2, -0.15) is 5.06 Å². The van der Waals surface area contributed by atoms with Gasteiger partial charge in [0, 0.05) is 37.2 Å². The minimum Gasteiger partial charge on any atom is -0.462 e. The molecule has 1 amide bonds. The number of hydrogen-bond acceptors (Lipinski definition) is 14. The lowest BCUT2D eigenvalue weighted by atomic mass is 9.62. The predicted molar refractivity (Wildman–Crippen MR) is 216 cm³/mol. The summed E-state index contributed by atoms with van der Waals surface area (Å²) in [6, 6.07) is 5.25. The number of nitrogens with one attached hydrogen (secondary N) is 1. The highest BCUT2D eigenvalue weighted by Gasteiger charge is 2.76. The number of ether oxygens (including phenoxy) is 6. The largest absolute Gasteiger partial charge is 0.462 e. The number of aliphatic hydroxyl groups excluding tert-OH is 1. The Kier molecular flexibility index (Phi) is 14.2. The second-order valence-electron chi connectivity index (χ2n) is 18.7. The van der Waals surface area contributed by atoms with Gasteiger partial charge in [0.1, 0.15) is 42.0 Å². The molecule has 1 saturated carbocycles. The second-order valence-corrected chi connectivity index (χ2v) is 18.7. The number of unbranched alkanes of at least 4 members (excludes halogenated alkanes) is 4. The molecule has 1 aliphatic carbocycles. The van der Waals surface area contributed by atoms with E-state index in [1.54, 1.807) is 52.8 Å². The molecular formula is C45H64N2O13. The number of amides is 1. The van der Waals surface area contributed by atoms with Gasteiger partial charge in [0.15, 0.2) is 11.8 Å². The summed E-state index contributed by atoms with van der Waals surface area (Å²) in [5.74, 6) is -3.75. The summed E-state index contributed by atoms with van der Waals surface area (Å²) in [5, 5.41) is 14.9. The molecule has 2 N–H and O–H groups in total. The van der Waals surface area contributed by atoms with Crippen LogP contribution in [0.25, 0.3) is 6.08 Å². The number of rotatable bonds is 19. The van der Waals surface area contributed by atoms with E-state index in [9.17, 15) is 29.1 Å². The van der Waals surface area contributed by atoms with Gasteiger partial charge in [0.25, 0.3) is 0 Å². The minimum atomic E-state index is -1.48. The topological polar surface area (TPSA) is 185 Å². The van der Waals surface area contributed by atoms with Gasteiger partial charge in [0.05, 0.1) is 19.2 Å². The summed E-state index contributed by atoms with van der Waals surface area (Å²) in [6.45, 7) is 13.0. The predicted octanol–water partition coefficient (Wildman–Crippen LogP) is 5.23. The maximum atomic E-state index is 14.9. The fraction of sp³-hybridized carbons (Fsp3) is 0.711. The molecule has 332 valence electrons. The zero-order valence-electron chi connectivity index (χ0n) is 36.2. The zero-order chi connectivity index (χ0) is 43.5. The molecule has 0 spiro atoms. The smallest absolute Gasteiger partial charge is 0.348 e. The molecule has 5 aliphatic rings. The highest BCUT2D eigenvalue weighted by atomic mass is 16.8. The van der Waals surface area contributed by atoms with E-state index in [2.05, 4.69) is 19.2 Å². The van der Waals surface area contributed by atoms with Crippen molar-refractivity contribution in [3.8, 4) is 0 Å². The van der Waals surface area contributed by atoms with Crippen molar-refractivity contribution in [1.29, 1.82) is 0 Å². The van der Waals surface area contributed by atoms with Gasteiger partial charge in [-0.25, -0.2) is 9.59 Å². The van der Waals surface area contributed by atoms with E-state index >= 15 is 0 Å². The number of esters is 4. The fourth-order valence-electron chi connectivity index (χ4n) is 9.08. The number of carbonyl (C=O) groups excluding carboxylic acids is 5. The first-order valence-corrected chi connectivity index (χ1v) is 21.7. The van der Waals surface area contributed by atoms with E-state index in [1.165, 1.54) is 11.1 Å². The molecule has 8 unspecified atom stereocenters. The first-order valence-electron chi connectivity index (χ1n) is 21.7. The molecule has 15 heteroatoms. The highest BCUT2D eigenvalue weighted by Crippen LogP contribution is 2.58. The van der Waals surface area contributed by atoms with Gasteiger partial charge >= 0.3 is 23.9 Å². The zero-order valence-corrected chi connectivity index (χ0v) is 36.2. The van der Waals surface area contributed by atoms with E-state index in [4.69, 9.17) is 33.3 Å². The van der Waals surface area contributed by atoms with E-state index in [1.807, 2.05) is 12.1 Å². The van der Waals surface area contributed by atoms with Crippen LogP contribution in [-0.4, -0.2) is 107 Å². The molecule has 1 aromatic rings. The van der Waals surface area contributed by atoms with Crippen LogP contribution in [0.15, 0.2) is 30.3 Å². The van der Waals surface area contributed by atoms with Crippen LogP contribution < -0.4 is 5.32 Å². The van der Waals surface area contributed by atoms with Crippen LogP contribution in [0.2, 0.25) is 0 Å². The van der Waals surface area contributed by atoms with E-state index < -0.39 is 101 Å². The third kappa shape index (κ3) is 9.91. The summed E-state index contributed by atoms with van der Waals surface area (Å²) in [6.07, 6.45) is 6.02. The lowest BCUT2D eigenvalue weighted by Crippen LogP contribution is -2.70. The van der Waals surface area contributed by atoms with Crippen molar-refractivity contribution in [2.45, 2.75) is 180 Å². The van der Waals surface area contributed by atoms with Crippen molar-refractivity contribution in [3.63, 3.8) is 0 Å². The Labute approximate surface area is 353 Å². The molecule has 0 aromatic heterocycles. The summed E-state index contributed by atoms with van der Waals surface area (Å²) < 4.78 is 35.9. The Bertz CT molecular complexity index is 1750. The Hall–Kier alpha value is -3.89. The van der Waals surface area contributed by atoms with Crippen LogP contribution in [0.1, 0.15) is 130 Å². The molecule has 8 atom stereocenters. The highest BCUT2D eigenvalue weighted by molar-refractivity contribution is 5.94. The summed E-state index contributed by atoms with van der Waals surface area (Å²) in [5.41, 5.74) is -1.37. The van der Waals surface area contributed by atoms with Crippen LogP contribution >= 0.6 is 0 Å². The lowest BCUT2D eigenvalue weighted by molar-refractivity contribution is -0.224. The Morgan fingerprint density at radius 2 is 1.65 bits per heavy atom. The Balaban J connectivity index is 1.24. The van der Waals surface area contributed by atoms with Gasteiger partial charge in [-0.1, -0.05) is 77.6 Å². The molecule has 5 fully saturated rings. The van der Waals surface area contributed by atoms with Crippen molar-refractivity contribution >= 4 is 35.9 Å².